The van der Waals surface area contributed by atoms with E-state index in [-0.39, 0.29) is 5.91 Å². The van der Waals surface area contributed by atoms with E-state index in [1.807, 2.05) is 29.2 Å². The first-order valence-corrected chi connectivity index (χ1v) is 13.6. The molecule has 5 rings (SSSR count). The van der Waals surface area contributed by atoms with Crippen molar-refractivity contribution >= 4 is 40.3 Å². The van der Waals surface area contributed by atoms with Gasteiger partial charge in [-0.05, 0) is 86.7 Å². The number of nitrogens with two attached hydrogens (primary N) is 1. The van der Waals surface area contributed by atoms with Gasteiger partial charge < -0.3 is 15.5 Å². The van der Waals surface area contributed by atoms with Crippen molar-refractivity contribution in [3.05, 3.63) is 46.5 Å². The Balaban J connectivity index is 1.42. The van der Waals surface area contributed by atoms with Gasteiger partial charge in [-0.15, -0.1) is 0 Å². The summed E-state index contributed by atoms with van der Waals surface area (Å²) in [7, 11) is 1.68. The van der Waals surface area contributed by atoms with Crippen LogP contribution in [0.4, 0.5) is 0 Å². The van der Waals surface area contributed by atoms with Crippen molar-refractivity contribution in [2.24, 2.45) is 17.6 Å². The number of aryl methyl sites for hydroxylation is 1. The summed E-state index contributed by atoms with van der Waals surface area (Å²) in [6.45, 7) is 0.723. The molecule has 3 fully saturated rings. The standard InChI is InChI=1S/C27H33N3O2S2/c1-32-21-8-5-7-18(14-21)22-15-19(6-3-2-4-11-28)23(29-22)16-25-26(31)30(27(33)34-25)24-13-17-9-10-20(24)12-17/h5,7-8,14-17,20,24,29H,2-4,6,9-13,28H2,1H3. The van der Waals surface area contributed by atoms with Gasteiger partial charge in [0.15, 0.2) is 0 Å². The molecule has 180 valence electrons. The lowest BCUT2D eigenvalue weighted by molar-refractivity contribution is -0.124. The maximum atomic E-state index is 13.5. The molecule has 1 saturated heterocycles. The molecule has 34 heavy (non-hydrogen) atoms. The summed E-state index contributed by atoms with van der Waals surface area (Å²) in [6, 6.07) is 10.6. The molecule has 3 atom stereocenters. The van der Waals surface area contributed by atoms with E-state index in [9.17, 15) is 4.79 Å². The number of nitrogens with one attached hydrogen (secondary N) is 1. The monoisotopic (exact) mass is 495 g/mol. The Bertz CT molecular complexity index is 1110. The zero-order valence-corrected chi connectivity index (χ0v) is 21.4. The van der Waals surface area contributed by atoms with E-state index >= 15 is 0 Å². The van der Waals surface area contributed by atoms with Crippen molar-refractivity contribution in [1.29, 1.82) is 0 Å². The summed E-state index contributed by atoms with van der Waals surface area (Å²) in [5.74, 6) is 2.30. The number of carbonyl (C=O) groups is 1. The number of nitrogens with zero attached hydrogens (tertiary/aromatic N) is 1. The van der Waals surface area contributed by atoms with Crippen LogP contribution in [0.25, 0.3) is 17.3 Å². The number of carbonyl (C=O) groups excluding carboxylic acids is 1. The molecule has 3 aliphatic rings. The lowest BCUT2D eigenvalue weighted by Crippen LogP contribution is -2.41. The minimum atomic E-state index is 0.0826. The lowest BCUT2D eigenvalue weighted by Gasteiger charge is -2.30. The van der Waals surface area contributed by atoms with Crippen LogP contribution in [0.5, 0.6) is 5.75 Å². The molecule has 7 heteroatoms. The molecule has 2 aromatic rings. The predicted molar refractivity (Wildman–Crippen MR) is 144 cm³/mol. The van der Waals surface area contributed by atoms with Crippen LogP contribution >= 0.6 is 24.0 Å². The van der Waals surface area contributed by atoms with Crippen molar-refractivity contribution in [3.63, 3.8) is 0 Å². The van der Waals surface area contributed by atoms with Gasteiger partial charge in [0.2, 0.25) is 0 Å². The first-order chi connectivity index (χ1) is 16.6. The molecule has 1 aromatic heterocycles. The number of unbranched alkanes of at least 4 members (excludes halogenated alkanes) is 2. The van der Waals surface area contributed by atoms with Gasteiger partial charge in [0, 0.05) is 23.0 Å². The van der Waals surface area contributed by atoms with Gasteiger partial charge in [0.25, 0.3) is 5.91 Å². The minimum absolute atomic E-state index is 0.0826. The Morgan fingerprint density at radius 1 is 1.24 bits per heavy atom. The maximum Gasteiger partial charge on any atom is 0.266 e. The summed E-state index contributed by atoms with van der Waals surface area (Å²) in [6.07, 6.45) is 11.1. The Morgan fingerprint density at radius 2 is 2.12 bits per heavy atom. The molecule has 2 saturated carbocycles. The Hall–Kier alpha value is -2.09. The van der Waals surface area contributed by atoms with E-state index in [4.69, 9.17) is 22.7 Å². The number of hydrogen-bond acceptors (Lipinski definition) is 5. The van der Waals surface area contributed by atoms with E-state index in [0.29, 0.717) is 12.0 Å². The quantitative estimate of drug-likeness (QED) is 0.263. The van der Waals surface area contributed by atoms with Crippen LogP contribution in [0.3, 0.4) is 0 Å². The topological polar surface area (TPSA) is 71.3 Å². The number of benzene rings is 1. The van der Waals surface area contributed by atoms with E-state index < -0.39 is 0 Å². The average Bonchev–Trinajstić information content (AvgIpc) is 3.62. The molecule has 1 aliphatic heterocycles. The number of H-pyrrole nitrogens is 1. The number of thiocarbonyl (C=S) groups is 1. The van der Waals surface area contributed by atoms with Gasteiger partial charge in [0.1, 0.15) is 10.1 Å². The predicted octanol–water partition coefficient (Wildman–Crippen LogP) is 5.75. The third-order valence-corrected chi connectivity index (χ3v) is 8.93. The van der Waals surface area contributed by atoms with Crippen LogP contribution in [0.15, 0.2) is 35.2 Å². The fourth-order valence-electron chi connectivity index (χ4n) is 5.86. The zero-order valence-electron chi connectivity index (χ0n) is 19.7. The van der Waals surface area contributed by atoms with E-state index in [1.165, 1.54) is 36.6 Å². The van der Waals surface area contributed by atoms with Crippen LogP contribution < -0.4 is 10.5 Å². The average molecular weight is 496 g/mol. The number of amides is 1. The van der Waals surface area contributed by atoms with Crippen LogP contribution in [0.1, 0.15) is 56.2 Å². The van der Waals surface area contributed by atoms with Gasteiger partial charge in [0.05, 0.1) is 12.0 Å². The van der Waals surface area contributed by atoms with Crippen molar-refractivity contribution in [2.75, 3.05) is 13.7 Å². The van der Waals surface area contributed by atoms with Crippen LogP contribution in [-0.2, 0) is 11.2 Å². The second kappa shape index (κ2) is 10.3. The third kappa shape index (κ3) is 4.70. The number of hydrogen-bond donors (Lipinski definition) is 2. The molecule has 3 unspecified atom stereocenters. The molecular weight excluding hydrogens is 462 g/mol. The Morgan fingerprint density at radius 3 is 2.85 bits per heavy atom. The Kier molecular flexibility index (Phi) is 7.14. The fourth-order valence-corrected chi connectivity index (χ4v) is 7.21. The van der Waals surface area contributed by atoms with Crippen LogP contribution in [0, 0.1) is 11.8 Å². The third-order valence-electron chi connectivity index (χ3n) is 7.60. The minimum Gasteiger partial charge on any atom is -0.497 e. The SMILES string of the molecule is COc1cccc(-c2cc(CCCCCN)c(C=C3SC(=S)N(C4CC5CCC4C5)C3=O)[nH]2)c1. The molecule has 2 heterocycles. The number of aromatic nitrogens is 1. The van der Waals surface area contributed by atoms with E-state index in [1.54, 1.807) is 7.11 Å². The van der Waals surface area contributed by atoms with Gasteiger partial charge in [-0.3, -0.25) is 9.69 Å². The van der Waals surface area contributed by atoms with Crippen molar-refractivity contribution in [1.82, 2.24) is 9.88 Å². The van der Waals surface area contributed by atoms with Crippen LogP contribution in [0.2, 0.25) is 0 Å². The lowest BCUT2D eigenvalue weighted by atomic mass is 9.94. The number of rotatable bonds is 9. The second-order valence-electron chi connectivity index (χ2n) is 9.75. The van der Waals surface area contributed by atoms with Crippen molar-refractivity contribution in [2.45, 2.75) is 57.4 Å². The first-order valence-electron chi connectivity index (χ1n) is 12.4. The highest BCUT2D eigenvalue weighted by Crippen LogP contribution is 2.49. The summed E-state index contributed by atoms with van der Waals surface area (Å²) < 4.78 is 6.13. The molecule has 2 bridgehead atoms. The van der Waals surface area contributed by atoms with E-state index in [2.05, 4.69) is 17.1 Å². The molecule has 5 nitrogen and oxygen atoms in total. The van der Waals surface area contributed by atoms with Gasteiger partial charge in [-0.1, -0.05) is 49.0 Å². The second-order valence-corrected chi connectivity index (χ2v) is 11.4. The Labute approximate surface area is 211 Å². The smallest absolute Gasteiger partial charge is 0.266 e. The van der Waals surface area contributed by atoms with Crippen molar-refractivity contribution in [3.8, 4) is 17.0 Å². The molecule has 3 N–H and O–H groups in total. The molecule has 0 radical (unpaired) electrons. The molecule has 2 aliphatic carbocycles. The highest BCUT2D eigenvalue weighted by atomic mass is 32.2. The molecule has 0 spiro atoms. The highest BCUT2D eigenvalue weighted by molar-refractivity contribution is 8.26. The van der Waals surface area contributed by atoms with Gasteiger partial charge >= 0.3 is 0 Å². The summed E-state index contributed by atoms with van der Waals surface area (Å²) in [5.41, 5.74) is 10.0. The number of ether oxygens (including phenoxy) is 1. The largest absolute Gasteiger partial charge is 0.497 e. The van der Waals surface area contributed by atoms with Gasteiger partial charge in [-0.25, -0.2) is 0 Å². The van der Waals surface area contributed by atoms with Gasteiger partial charge in [-0.2, -0.15) is 0 Å². The highest BCUT2D eigenvalue weighted by Gasteiger charge is 2.48. The fraction of sp³-hybridized carbons (Fsp3) is 0.481. The number of methoxy groups -OCH3 is 1. The molecule has 1 amide bonds. The molecular formula is C27H33N3O2S2. The summed E-state index contributed by atoms with van der Waals surface area (Å²) in [4.78, 5) is 19.7. The number of fused-ring (bicyclic) bond motifs is 2. The summed E-state index contributed by atoms with van der Waals surface area (Å²) >= 11 is 7.15. The van der Waals surface area contributed by atoms with E-state index in [0.717, 1.165) is 76.5 Å². The maximum absolute atomic E-state index is 13.5. The zero-order chi connectivity index (χ0) is 23.7. The normalized spacial score (nSPS) is 25.2. The first kappa shape index (κ1) is 23.6. The molecule has 1 aromatic carbocycles. The van der Waals surface area contributed by atoms with Crippen molar-refractivity contribution < 1.29 is 9.53 Å². The number of thioether (sulfide) groups is 1. The van der Waals surface area contributed by atoms with Crippen LogP contribution in [-0.4, -0.2) is 39.8 Å². The number of aromatic amines is 1. The summed E-state index contributed by atoms with van der Waals surface area (Å²) in [5, 5.41) is 0.